The fourth-order valence-corrected chi connectivity index (χ4v) is 9.18. The standard InChI is InChI=1S/C33H37N5O4.C8H15NO2.H2/c1-32(2)27-26(42-18-23-11-7-4-8-12-23)14-34-29(39)25-17-36(19-33(25)20-37(21-33)31(41)28(27)32)30(40)24-13-35-38(16-24)15-22-9-5-3-6-10-22;1-11-6-8-3-2-4-9(5-8)7-10;/h3-13,16,25-28H,14-15,17-21H2,1-2H3,(H,34,39);7-8H,2-6H2,1H3;1H/t25?,26-,27?,28+;;/m0../s1. The number of nitrogens with zero attached hydrogens (tertiary/aromatic N) is 5. The van der Waals surface area contributed by atoms with Gasteiger partial charge in [-0.1, -0.05) is 74.5 Å². The number of methoxy groups -OCH3 is 1. The van der Waals surface area contributed by atoms with Crippen LogP contribution >= 0.6 is 0 Å². The van der Waals surface area contributed by atoms with E-state index in [-0.39, 0.29) is 48.4 Å². The smallest absolute Gasteiger partial charge is 0.257 e. The maximum atomic E-state index is 13.7. The van der Waals surface area contributed by atoms with Crippen LogP contribution < -0.4 is 5.32 Å². The highest BCUT2D eigenvalue weighted by atomic mass is 16.5. The van der Waals surface area contributed by atoms with Crippen molar-refractivity contribution in [1.82, 2.24) is 29.8 Å². The number of hydrogen-bond acceptors (Lipinski definition) is 7. The molecule has 9 rings (SSSR count). The highest BCUT2D eigenvalue weighted by Gasteiger charge is 2.69. The van der Waals surface area contributed by atoms with Gasteiger partial charge in [-0.15, -0.1) is 0 Å². The molecule has 1 spiro atoms. The molecule has 6 aliphatic rings. The molecule has 3 unspecified atom stereocenters. The van der Waals surface area contributed by atoms with Gasteiger partial charge in [-0.05, 0) is 35.3 Å². The van der Waals surface area contributed by atoms with Gasteiger partial charge in [0.1, 0.15) is 0 Å². The Balaban J connectivity index is 0.000000359. The maximum Gasteiger partial charge on any atom is 0.257 e. The van der Waals surface area contributed by atoms with Gasteiger partial charge in [0.2, 0.25) is 18.2 Å². The van der Waals surface area contributed by atoms with Crippen LogP contribution in [0.3, 0.4) is 0 Å². The number of hydrogen-bond donors (Lipinski definition) is 1. The maximum absolute atomic E-state index is 13.7. The summed E-state index contributed by atoms with van der Waals surface area (Å²) in [7, 11) is 1.71. The summed E-state index contributed by atoms with van der Waals surface area (Å²) in [5.41, 5.74) is 2.02. The minimum absolute atomic E-state index is 0. The molecule has 5 atom stereocenters. The summed E-state index contributed by atoms with van der Waals surface area (Å²) >= 11 is 0. The molecule has 6 heterocycles. The molecule has 3 aromatic rings. The van der Waals surface area contributed by atoms with Crippen LogP contribution in [0.25, 0.3) is 0 Å². The van der Waals surface area contributed by atoms with E-state index in [1.165, 1.54) is 6.42 Å². The van der Waals surface area contributed by atoms with Crippen LogP contribution in [0, 0.1) is 34.5 Å². The normalized spacial score (nSPS) is 26.8. The number of nitrogens with one attached hydrogen (secondary N) is 1. The topological polar surface area (TPSA) is 126 Å². The van der Waals surface area contributed by atoms with Crippen molar-refractivity contribution in [2.45, 2.75) is 45.9 Å². The number of ether oxygens (including phenoxy) is 2. The molecule has 5 saturated heterocycles. The number of fused-ring (bicyclic) bond motifs is 3. The van der Waals surface area contributed by atoms with Crippen molar-refractivity contribution in [2.24, 2.45) is 34.5 Å². The predicted octanol–water partition coefficient (Wildman–Crippen LogP) is 3.57. The third-order valence-corrected chi connectivity index (χ3v) is 12.1. The van der Waals surface area contributed by atoms with E-state index in [9.17, 15) is 19.2 Å². The molecule has 12 nitrogen and oxygen atoms in total. The summed E-state index contributed by atoms with van der Waals surface area (Å²) in [6.07, 6.45) is 6.34. The third-order valence-electron chi connectivity index (χ3n) is 12.1. The van der Waals surface area contributed by atoms with E-state index in [1.807, 2.05) is 70.5 Å². The summed E-state index contributed by atoms with van der Waals surface area (Å²) in [4.78, 5) is 56.9. The average molecular weight is 727 g/mol. The lowest BCUT2D eigenvalue weighted by Crippen LogP contribution is -2.64. The first kappa shape index (κ1) is 36.8. The van der Waals surface area contributed by atoms with Gasteiger partial charge in [0, 0.05) is 77.8 Å². The minimum atomic E-state index is -0.436. The Morgan fingerprint density at radius 1 is 1.02 bits per heavy atom. The zero-order chi connectivity index (χ0) is 37.2. The Hall–Kier alpha value is -4.55. The molecule has 5 aliphatic heterocycles. The average Bonchev–Trinajstić information content (AvgIpc) is 3.47. The van der Waals surface area contributed by atoms with E-state index in [1.54, 1.807) is 29.1 Å². The van der Waals surface area contributed by atoms with E-state index < -0.39 is 5.41 Å². The Bertz CT molecular complexity index is 1760. The Kier molecular flexibility index (Phi) is 10.7. The van der Waals surface area contributed by atoms with Crippen molar-refractivity contribution in [2.75, 3.05) is 59.5 Å². The second-order valence-corrected chi connectivity index (χ2v) is 16.2. The number of carbonyl (C=O) groups excluding carboxylic acids is 4. The van der Waals surface area contributed by atoms with Gasteiger partial charge >= 0.3 is 0 Å². The second-order valence-electron chi connectivity index (χ2n) is 16.2. The number of rotatable bonds is 9. The quantitative estimate of drug-likeness (QED) is 0.335. The first-order valence-corrected chi connectivity index (χ1v) is 18.9. The second kappa shape index (κ2) is 15.4. The van der Waals surface area contributed by atoms with Gasteiger partial charge < -0.3 is 29.5 Å². The molecule has 0 radical (unpaired) electrons. The van der Waals surface area contributed by atoms with Gasteiger partial charge in [-0.3, -0.25) is 23.9 Å². The monoisotopic (exact) mass is 726 g/mol. The van der Waals surface area contributed by atoms with E-state index in [4.69, 9.17) is 9.47 Å². The molecule has 1 aromatic heterocycles. The lowest BCUT2D eigenvalue weighted by Gasteiger charge is -2.50. The summed E-state index contributed by atoms with van der Waals surface area (Å²) in [6.45, 7) is 9.93. The number of aromatic nitrogens is 2. The van der Waals surface area contributed by atoms with Crippen LogP contribution in [0.1, 0.15) is 49.6 Å². The van der Waals surface area contributed by atoms with Crippen LogP contribution in [-0.4, -0.2) is 114 Å². The van der Waals surface area contributed by atoms with Crippen LogP contribution in [0.15, 0.2) is 73.1 Å². The molecule has 2 bridgehead atoms. The fourth-order valence-electron chi connectivity index (χ4n) is 9.18. The molecule has 6 fully saturated rings. The lowest BCUT2D eigenvalue weighted by molar-refractivity contribution is -0.151. The van der Waals surface area contributed by atoms with E-state index in [2.05, 4.69) is 24.3 Å². The number of carbonyl (C=O) groups is 4. The van der Waals surface area contributed by atoms with Crippen molar-refractivity contribution in [3.8, 4) is 0 Å². The van der Waals surface area contributed by atoms with Crippen LogP contribution in [0.4, 0.5) is 0 Å². The Morgan fingerprint density at radius 2 is 1.74 bits per heavy atom. The van der Waals surface area contributed by atoms with Gasteiger partial charge in [0.05, 0.1) is 43.5 Å². The predicted molar refractivity (Wildman–Crippen MR) is 199 cm³/mol. The summed E-state index contributed by atoms with van der Waals surface area (Å²) in [5, 5.41) is 7.59. The fraction of sp³-hybridized carbons (Fsp3) is 0.537. The number of piperidine rings is 1. The van der Waals surface area contributed by atoms with Gasteiger partial charge in [-0.25, -0.2) is 0 Å². The number of benzene rings is 2. The number of amides is 4. The van der Waals surface area contributed by atoms with Crippen LogP contribution in [-0.2, 0) is 37.0 Å². The highest BCUT2D eigenvalue weighted by Crippen LogP contribution is 2.62. The molecule has 53 heavy (non-hydrogen) atoms. The Labute approximate surface area is 313 Å². The van der Waals surface area contributed by atoms with Crippen molar-refractivity contribution in [1.29, 1.82) is 0 Å². The van der Waals surface area contributed by atoms with Crippen LogP contribution in [0.5, 0.6) is 0 Å². The van der Waals surface area contributed by atoms with Crippen LogP contribution in [0.2, 0.25) is 0 Å². The van der Waals surface area contributed by atoms with Crippen molar-refractivity contribution < 1.29 is 30.1 Å². The summed E-state index contributed by atoms with van der Waals surface area (Å²) < 4.78 is 13.2. The van der Waals surface area contributed by atoms with Crippen molar-refractivity contribution >= 4 is 24.1 Å². The molecule has 1 N–H and O–H groups in total. The zero-order valence-electron chi connectivity index (χ0n) is 31.1. The summed E-state index contributed by atoms with van der Waals surface area (Å²) in [6, 6.07) is 19.9. The largest absolute Gasteiger partial charge is 0.384 e. The third kappa shape index (κ3) is 7.75. The van der Waals surface area contributed by atoms with Crippen molar-refractivity contribution in [3.63, 3.8) is 0 Å². The zero-order valence-corrected chi connectivity index (χ0v) is 31.1. The van der Waals surface area contributed by atoms with Gasteiger partial charge in [0.15, 0.2) is 0 Å². The van der Waals surface area contributed by atoms with E-state index in [0.29, 0.717) is 57.4 Å². The van der Waals surface area contributed by atoms with E-state index in [0.717, 1.165) is 43.7 Å². The van der Waals surface area contributed by atoms with Gasteiger partial charge in [0.25, 0.3) is 5.91 Å². The molecule has 1 aliphatic carbocycles. The first-order valence-electron chi connectivity index (χ1n) is 18.9. The SMILES string of the molecule is CC1(C)C2[C@@H](OCc3ccccc3)CNC(=O)C3CN(C(=O)c4cnn(Cc5ccccc5)c4)CC34CN(C4)C(=O)[C@@H]21.COCC1CCCN(C=O)C1.[HH]. The molecule has 4 amide bonds. The minimum Gasteiger partial charge on any atom is -0.384 e. The van der Waals surface area contributed by atoms with Gasteiger partial charge in [-0.2, -0.15) is 5.10 Å². The Morgan fingerprint density at radius 3 is 2.43 bits per heavy atom. The molecular formula is C41H54N6O6. The molecular weight excluding hydrogens is 672 g/mol. The molecule has 12 heteroatoms. The summed E-state index contributed by atoms with van der Waals surface area (Å²) in [5.74, 6) is 0.00778. The van der Waals surface area contributed by atoms with Crippen molar-refractivity contribution in [3.05, 3.63) is 89.7 Å². The molecule has 2 aromatic carbocycles. The number of likely N-dealkylation sites (tertiary alicyclic amines) is 2. The lowest BCUT2D eigenvalue weighted by atomic mass is 9.71. The highest BCUT2D eigenvalue weighted by molar-refractivity contribution is 5.95. The van der Waals surface area contributed by atoms with E-state index >= 15 is 0 Å². The molecule has 284 valence electrons. The molecule has 1 saturated carbocycles. The first-order chi connectivity index (χ1) is 25.6.